The predicted molar refractivity (Wildman–Crippen MR) is 91.2 cm³/mol. The van der Waals surface area contributed by atoms with Gasteiger partial charge in [0.2, 0.25) is 0 Å². The highest BCUT2D eigenvalue weighted by molar-refractivity contribution is 6.09. The van der Waals surface area contributed by atoms with Gasteiger partial charge in [-0.25, -0.2) is 4.79 Å². The van der Waals surface area contributed by atoms with Crippen molar-refractivity contribution in [2.75, 3.05) is 12.2 Å². The number of hydrogen-bond acceptors (Lipinski definition) is 3. The number of carboxylic acid groups (broad SMARTS) is 1. The number of carbonyl (C=O) groups is 2. The number of benzene rings is 3. The number of rotatable bonds is 4. The van der Waals surface area contributed by atoms with Crippen molar-refractivity contribution >= 4 is 28.3 Å². The van der Waals surface area contributed by atoms with Crippen molar-refractivity contribution in [3.8, 4) is 0 Å². The summed E-state index contributed by atoms with van der Waals surface area (Å²) in [5, 5.41) is 12.0. The van der Waals surface area contributed by atoms with E-state index in [0.717, 1.165) is 10.8 Å². The number of hydroxylamine groups is 1. The van der Waals surface area contributed by atoms with E-state index in [0.29, 0.717) is 11.3 Å². The minimum atomic E-state index is -1.04. The molecule has 1 amide bonds. The lowest BCUT2D eigenvalue weighted by atomic mass is 10.1. The Hall–Kier alpha value is -3.18. The molecule has 1 N–H and O–H groups in total. The Morgan fingerprint density at radius 2 is 1.50 bits per heavy atom. The molecule has 0 fully saturated rings. The summed E-state index contributed by atoms with van der Waals surface area (Å²) in [4.78, 5) is 29.0. The zero-order valence-electron chi connectivity index (χ0n) is 13.0. The number of hydrogen-bond donors (Lipinski definition) is 1. The van der Waals surface area contributed by atoms with Gasteiger partial charge in [0.25, 0.3) is 5.91 Å². The van der Waals surface area contributed by atoms with Crippen LogP contribution in [0.5, 0.6) is 0 Å². The normalized spacial score (nSPS) is 10.5. The quantitative estimate of drug-likeness (QED) is 0.743. The molecule has 3 aromatic rings. The molecule has 0 aliphatic rings. The van der Waals surface area contributed by atoms with Crippen LogP contribution in [-0.2, 0) is 4.84 Å². The molecular formula is C19H15NO4. The molecule has 0 saturated carbocycles. The highest BCUT2D eigenvalue weighted by Gasteiger charge is 2.20. The molecule has 0 bridgehead atoms. The van der Waals surface area contributed by atoms with Gasteiger partial charge in [0.1, 0.15) is 0 Å². The average molecular weight is 321 g/mol. The second-order valence-corrected chi connectivity index (χ2v) is 5.16. The van der Waals surface area contributed by atoms with Gasteiger partial charge in [-0.05, 0) is 35.7 Å². The van der Waals surface area contributed by atoms with Crippen LogP contribution < -0.4 is 5.06 Å². The first kappa shape index (κ1) is 15.7. The average Bonchev–Trinajstić information content (AvgIpc) is 2.62. The molecule has 24 heavy (non-hydrogen) atoms. The summed E-state index contributed by atoms with van der Waals surface area (Å²) in [5.74, 6) is -1.41. The van der Waals surface area contributed by atoms with Gasteiger partial charge in [0.05, 0.1) is 18.4 Å². The van der Waals surface area contributed by atoms with Gasteiger partial charge in [-0.3, -0.25) is 9.63 Å². The van der Waals surface area contributed by atoms with E-state index in [4.69, 9.17) is 9.94 Å². The number of aromatic carboxylic acids is 1. The van der Waals surface area contributed by atoms with Crippen LogP contribution in [-0.4, -0.2) is 24.1 Å². The van der Waals surface area contributed by atoms with E-state index >= 15 is 0 Å². The summed E-state index contributed by atoms with van der Waals surface area (Å²) < 4.78 is 0. The first-order chi connectivity index (χ1) is 11.6. The SMILES string of the molecule is CON(C(=O)c1ccc(C(=O)O)cc1)c1cccc2ccccc12. The van der Waals surface area contributed by atoms with Crippen molar-refractivity contribution in [2.45, 2.75) is 0 Å². The van der Waals surface area contributed by atoms with Crippen LogP contribution in [0.3, 0.4) is 0 Å². The second kappa shape index (κ2) is 6.52. The summed E-state index contributed by atoms with van der Waals surface area (Å²) in [6.07, 6.45) is 0. The van der Waals surface area contributed by atoms with E-state index in [2.05, 4.69) is 0 Å². The van der Waals surface area contributed by atoms with Gasteiger partial charge in [0, 0.05) is 10.9 Å². The maximum absolute atomic E-state index is 12.8. The largest absolute Gasteiger partial charge is 0.478 e. The summed E-state index contributed by atoms with van der Waals surface area (Å²) in [5.41, 5.74) is 1.10. The zero-order valence-corrected chi connectivity index (χ0v) is 13.0. The minimum absolute atomic E-state index is 0.126. The molecule has 5 heteroatoms. The first-order valence-corrected chi connectivity index (χ1v) is 7.31. The molecule has 3 rings (SSSR count). The molecule has 0 aliphatic carbocycles. The van der Waals surface area contributed by atoms with Crippen molar-refractivity contribution in [1.82, 2.24) is 0 Å². The molecular weight excluding hydrogens is 306 g/mol. The fourth-order valence-electron chi connectivity index (χ4n) is 2.55. The molecule has 0 atom stereocenters. The molecule has 0 unspecified atom stereocenters. The third-order valence-electron chi connectivity index (χ3n) is 3.73. The summed E-state index contributed by atoms with van der Waals surface area (Å²) >= 11 is 0. The molecule has 3 aromatic carbocycles. The van der Waals surface area contributed by atoms with E-state index in [1.807, 2.05) is 36.4 Å². The molecule has 120 valence electrons. The van der Waals surface area contributed by atoms with Crippen LogP contribution in [0.15, 0.2) is 66.7 Å². The third kappa shape index (κ3) is 2.85. The number of anilines is 1. The Bertz CT molecular complexity index is 897. The Morgan fingerprint density at radius 3 is 2.17 bits per heavy atom. The van der Waals surface area contributed by atoms with Crippen molar-refractivity contribution in [2.24, 2.45) is 0 Å². The molecule has 0 aromatic heterocycles. The highest BCUT2D eigenvalue weighted by Crippen LogP contribution is 2.28. The van der Waals surface area contributed by atoms with Crippen LogP contribution in [0.2, 0.25) is 0 Å². The van der Waals surface area contributed by atoms with Gasteiger partial charge in [-0.15, -0.1) is 0 Å². The Labute approximate surface area is 138 Å². The number of nitrogens with zero attached hydrogens (tertiary/aromatic N) is 1. The van der Waals surface area contributed by atoms with E-state index in [-0.39, 0.29) is 11.5 Å². The van der Waals surface area contributed by atoms with Crippen LogP contribution in [0, 0.1) is 0 Å². The van der Waals surface area contributed by atoms with Gasteiger partial charge >= 0.3 is 5.97 Å². The second-order valence-electron chi connectivity index (χ2n) is 5.16. The molecule has 0 heterocycles. The van der Waals surface area contributed by atoms with Crippen molar-refractivity contribution in [1.29, 1.82) is 0 Å². The Balaban J connectivity index is 2.01. The van der Waals surface area contributed by atoms with Crippen LogP contribution in [0.25, 0.3) is 10.8 Å². The van der Waals surface area contributed by atoms with Gasteiger partial charge < -0.3 is 5.11 Å². The van der Waals surface area contributed by atoms with Crippen molar-refractivity contribution in [3.05, 3.63) is 77.9 Å². The van der Waals surface area contributed by atoms with E-state index < -0.39 is 5.97 Å². The maximum atomic E-state index is 12.8. The summed E-state index contributed by atoms with van der Waals surface area (Å²) in [6, 6.07) is 19.0. The smallest absolute Gasteiger partial charge is 0.335 e. The molecule has 0 aliphatic heterocycles. The molecule has 0 spiro atoms. The first-order valence-electron chi connectivity index (χ1n) is 7.31. The topological polar surface area (TPSA) is 66.8 Å². The van der Waals surface area contributed by atoms with Gasteiger partial charge in [-0.2, -0.15) is 5.06 Å². The number of amides is 1. The van der Waals surface area contributed by atoms with Crippen molar-refractivity contribution < 1.29 is 19.5 Å². The lowest BCUT2D eigenvalue weighted by Gasteiger charge is -2.21. The molecule has 5 nitrogen and oxygen atoms in total. The van der Waals surface area contributed by atoms with Crippen LogP contribution in [0.4, 0.5) is 5.69 Å². The van der Waals surface area contributed by atoms with Crippen LogP contribution >= 0.6 is 0 Å². The van der Waals surface area contributed by atoms with Crippen LogP contribution in [0.1, 0.15) is 20.7 Å². The van der Waals surface area contributed by atoms with E-state index in [1.54, 1.807) is 6.07 Å². The molecule has 0 saturated heterocycles. The Morgan fingerprint density at radius 1 is 0.875 bits per heavy atom. The number of fused-ring (bicyclic) bond motifs is 1. The summed E-state index contributed by atoms with van der Waals surface area (Å²) in [7, 11) is 1.42. The molecule has 0 radical (unpaired) electrons. The lowest BCUT2D eigenvalue weighted by Crippen LogP contribution is -2.30. The van der Waals surface area contributed by atoms with E-state index in [1.165, 1.54) is 36.4 Å². The van der Waals surface area contributed by atoms with Gasteiger partial charge in [-0.1, -0.05) is 36.4 Å². The minimum Gasteiger partial charge on any atom is -0.478 e. The number of carboxylic acids is 1. The third-order valence-corrected chi connectivity index (χ3v) is 3.73. The number of carbonyl (C=O) groups excluding carboxylic acids is 1. The fourth-order valence-corrected chi connectivity index (χ4v) is 2.55. The van der Waals surface area contributed by atoms with E-state index in [9.17, 15) is 9.59 Å². The lowest BCUT2D eigenvalue weighted by molar-refractivity contribution is 0.0695. The predicted octanol–water partition coefficient (Wildman–Crippen LogP) is 3.75. The van der Waals surface area contributed by atoms with Crippen molar-refractivity contribution in [3.63, 3.8) is 0 Å². The highest BCUT2D eigenvalue weighted by atomic mass is 16.7. The Kier molecular flexibility index (Phi) is 4.26. The van der Waals surface area contributed by atoms with Gasteiger partial charge in [0.15, 0.2) is 0 Å². The fraction of sp³-hybridized carbons (Fsp3) is 0.0526. The standard InChI is InChI=1S/C19H15NO4/c1-24-20(17-8-4-6-13-5-2-3-7-16(13)17)18(21)14-9-11-15(12-10-14)19(22)23/h2-12H,1H3,(H,22,23). The zero-order chi connectivity index (χ0) is 17.1. The maximum Gasteiger partial charge on any atom is 0.335 e. The monoisotopic (exact) mass is 321 g/mol. The summed E-state index contributed by atoms with van der Waals surface area (Å²) in [6.45, 7) is 0.